The van der Waals surface area contributed by atoms with Crippen molar-refractivity contribution in [1.82, 2.24) is 0 Å². The van der Waals surface area contributed by atoms with E-state index in [4.69, 9.17) is 0 Å². The summed E-state index contributed by atoms with van der Waals surface area (Å²) in [6, 6.07) is 0. The molecular weight excluding hydrogens is 188 g/mol. The molecular formula is C13H24O2. The Morgan fingerprint density at radius 3 is 1.47 bits per heavy atom. The van der Waals surface area contributed by atoms with Crippen LogP contribution in [0.5, 0.6) is 0 Å². The second kappa shape index (κ2) is 5.31. The van der Waals surface area contributed by atoms with Crippen LogP contribution in [-0.4, -0.2) is 22.4 Å². The van der Waals surface area contributed by atoms with Gasteiger partial charge in [-0.25, -0.2) is 0 Å². The van der Waals surface area contributed by atoms with Gasteiger partial charge in [0, 0.05) is 0 Å². The van der Waals surface area contributed by atoms with E-state index < -0.39 is 0 Å². The molecule has 2 aliphatic rings. The summed E-state index contributed by atoms with van der Waals surface area (Å²) in [4.78, 5) is 0. The Balaban J connectivity index is 1.83. The first-order valence-electron chi connectivity index (χ1n) is 6.63. The fraction of sp³-hybridized carbons (Fsp3) is 1.00. The molecule has 4 atom stereocenters. The summed E-state index contributed by atoms with van der Waals surface area (Å²) in [6.07, 6.45) is 10.1. The molecule has 4 unspecified atom stereocenters. The Bertz CT molecular complexity index is 173. The highest BCUT2D eigenvalue weighted by atomic mass is 16.3. The molecule has 2 aliphatic carbocycles. The van der Waals surface area contributed by atoms with Crippen molar-refractivity contribution in [3.8, 4) is 0 Å². The highest BCUT2D eigenvalue weighted by molar-refractivity contribution is 4.82. The summed E-state index contributed by atoms with van der Waals surface area (Å²) in [5, 5.41) is 19.8. The Morgan fingerprint density at radius 1 is 0.667 bits per heavy atom. The van der Waals surface area contributed by atoms with Crippen LogP contribution in [0.3, 0.4) is 0 Å². The van der Waals surface area contributed by atoms with Crippen molar-refractivity contribution in [3.05, 3.63) is 0 Å². The molecule has 2 heteroatoms. The Labute approximate surface area is 92.7 Å². The summed E-state index contributed by atoms with van der Waals surface area (Å²) in [6.45, 7) is 0. The molecule has 2 nitrogen and oxygen atoms in total. The van der Waals surface area contributed by atoms with Crippen molar-refractivity contribution < 1.29 is 10.2 Å². The fourth-order valence-electron chi connectivity index (χ4n) is 3.31. The minimum Gasteiger partial charge on any atom is -0.393 e. The van der Waals surface area contributed by atoms with Crippen molar-refractivity contribution in [2.24, 2.45) is 11.8 Å². The Hall–Kier alpha value is -0.0800. The second-order valence-corrected chi connectivity index (χ2v) is 5.46. The molecule has 2 N–H and O–H groups in total. The van der Waals surface area contributed by atoms with Crippen LogP contribution < -0.4 is 0 Å². The fourth-order valence-corrected chi connectivity index (χ4v) is 3.31. The van der Waals surface area contributed by atoms with Gasteiger partial charge in [0.05, 0.1) is 12.2 Å². The van der Waals surface area contributed by atoms with E-state index in [0.29, 0.717) is 11.8 Å². The zero-order valence-electron chi connectivity index (χ0n) is 9.57. The molecule has 2 saturated carbocycles. The largest absolute Gasteiger partial charge is 0.393 e. The quantitative estimate of drug-likeness (QED) is 0.738. The van der Waals surface area contributed by atoms with Crippen molar-refractivity contribution in [2.45, 2.75) is 70.0 Å². The lowest BCUT2D eigenvalue weighted by Gasteiger charge is -2.34. The zero-order chi connectivity index (χ0) is 10.7. The van der Waals surface area contributed by atoms with Crippen LogP contribution in [0.25, 0.3) is 0 Å². The number of hydrogen-bond donors (Lipinski definition) is 2. The normalized spacial score (nSPS) is 42.8. The summed E-state index contributed by atoms with van der Waals surface area (Å²) in [5.74, 6) is 0.938. The smallest absolute Gasteiger partial charge is 0.0568 e. The van der Waals surface area contributed by atoms with Gasteiger partial charge in [-0.3, -0.25) is 0 Å². The van der Waals surface area contributed by atoms with Crippen molar-refractivity contribution in [2.75, 3.05) is 0 Å². The lowest BCUT2D eigenvalue weighted by atomic mass is 9.75. The molecule has 0 aliphatic heterocycles. The van der Waals surface area contributed by atoms with E-state index in [1.54, 1.807) is 0 Å². The summed E-state index contributed by atoms with van der Waals surface area (Å²) >= 11 is 0. The van der Waals surface area contributed by atoms with Crippen LogP contribution in [0.1, 0.15) is 57.8 Å². The Kier molecular flexibility index (Phi) is 4.04. The van der Waals surface area contributed by atoms with E-state index >= 15 is 0 Å². The number of hydrogen-bond acceptors (Lipinski definition) is 2. The van der Waals surface area contributed by atoms with Crippen molar-refractivity contribution in [1.29, 1.82) is 0 Å². The lowest BCUT2D eigenvalue weighted by Crippen LogP contribution is -2.32. The van der Waals surface area contributed by atoms with Crippen molar-refractivity contribution in [3.63, 3.8) is 0 Å². The molecule has 0 aromatic rings. The van der Waals surface area contributed by atoms with E-state index in [1.165, 1.54) is 38.5 Å². The SMILES string of the molecule is OC1CCCCC1CC1CCCCC1O. The van der Waals surface area contributed by atoms with E-state index in [1.807, 2.05) is 0 Å². The van der Waals surface area contributed by atoms with E-state index in [9.17, 15) is 10.2 Å². The van der Waals surface area contributed by atoms with Crippen LogP contribution in [0.4, 0.5) is 0 Å². The summed E-state index contributed by atoms with van der Waals surface area (Å²) < 4.78 is 0. The van der Waals surface area contributed by atoms with E-state index in [0.717, 1.165) is 19.3 Å². The molecule has 88 valence electrons. The first-order chi connectivity index (χ1) is 7.27. The third-order valence-electron chi connectivity index (χ3n) is 4.34. The third kappa shape index (κ3) is 2.94. The number of rotatable bonds is 2. The van der Waals surface area contributed by atoms with Crippen LogP contribution >= 0.6 is 0 Å². The van der Waals surface area contributed by atoms with E-state index in [-0.39, 0.29) is 12.2 Å². The van der Waals surface area contributed by atoms with Crippen LogP contribution in [0, 0.1) is 11.8 Å². The molecule has 0 aromatic heterocycles. The van der Waals surface area contributed by atoms with Gasteiger partial charge in [0.1, 0.15) is 0 Å². The minimum atomic E-state index is -0.0899. The molecule has 0 saturated heterocycles. The standard InChI is InChI=1S/C13H24O2/c14-12-7-3-1-5-10(12)9-11-6-2-4-8-13(11)15/h10-15H,1-9H2. The van der Waals surface area contributed by atoms with Crippen molar-refractivity contribution >= 4 is 0 Å². The first-order valence-corrected chi connectivity index (χ1v) is 6.63. The maximum atomic E-state index is 9.90. The minimum absolute atomic E-state index is 0.0899. The monoisotopic (exact) mass is 212 g/mol. The molecule has 0 spiro atoms. The van der Waals surface area contributed by atoms with Gasteiger partial charge in [-0.15, -0.1) is 0 Å². The van der Waals surface area contributed by atoms with Gasteiger partial charge in [-0.05, 0) is 43.9 Å². The van der Waals surface area contributed by atoms with Gasteiger partial charge in [0.2, 0.25) is 0 Å². The van der Waals surface area contributed by atoms with Gasteiger partial charge in [0.25, 0.3) is 0 Å². The maximum absolute atomic E-state index is 9.90. The molecule has 2 fully saturated rings. The van der Waals surface area contributed by atoms with E-state index in [2.05, 4.69) is 0 Å². The lowest BCUT2D eigenvalue weighted by molar-refractivity contribution is 0.0138. The molecule has 0 aromatic carbocycles. The second-order valence-electron chi connectivity index (χ2n) is 5.46. The number of aliphatic hydroxyl groups excluding tert-OH is 2. The van der Waals surface area contributed by atoms with Gasteiger partial charge >= 0.3 is 0 Å². The average molecular weight is 212 g/mol. The topological polar surface area (TPSA) is 40.5 Å². The first kappa shape index (κ1) is 11.4. The Morgan fingerprint density at radius 2 is 1.07 bits per heavy atom. The van der Waals surface area contributed by atoms with Crippen LogP contribution in [0.15, 0.2) is 0 Å². The highest BCUT2D eigenvalue weighted by Crippen LogP contribution is 2.35. The molecule has 0 amide bonds. The molecule has 15 heavy (non-hydrogen) atoms. The van der Waals surface area contributed by atoms with Gasteiger partial charge in [-0.2, -0.15) is 0 Å². The number of aliphatic hydroxyl groups is 2. The zero-order valence-corrected chi connectivity index (χ0v) is 9.57. The average Bonchev–Trinajstić information content (AvgIpc) is 2.24. The maximum Gasteiger partial charge on any atom is 0.0568 e. The molecule has 0 radical (unpaired) electrons. The highest BCUT2D eigenvalue weighted by Gasteiger charge is 2.30. The molecule has 0 heterocycles. The van der Waals surface area contributed by atoms with Gasteiger partial charge < -0.3 is 10.2 Å². The predicted octanol–water partition coefficient (Wildman–Crippen LogP) is 2.48. The molecule has 2 rings (SSSR count). The summed E-state index contributed by atoms with van der Waals surface area (Å²) in [5.41, 5.74) is 0. The van der Waals surface area contributed by atoms with Gasteiger partial charge in [-0.1, -0.05) is 25.7 Å². The van der Waals surface area contributed by atoms with Gasteiger partial charge in [0.15, 0.2) is 0 Å². The summed E-state index contributed by atoms with van der Waals surface area (Å²) in [7, 11) is 0. The van der Waals surface area contributed by atoms with Crippen LogP contribution in [-0.2, 0) is 0 Å². The van der Waals surface area contributed by atoms with Crippen LogP contribution in [0.2, 0.25) is 0 Å². The predicted molar refractivity (Wildman–Crippen MR) is 60.5 cm³/mol. The third-order valence-corrected chi connectivity index (χ3v) is 4.34. The molecule has 0 bridgehead atoms.